The summed E-state index contributed by atoms with van der Waals surface area (Å²) in [6.07, 6.45) is 1.47. The quantitative estimate of drug-likeness (QED) is 0.760. The first-order valence-electron chi connectivity index (χ1n) is 8.77. The molecule has 0 fully saturated rings. The Labute approximate surface area is 153 Å². The minimum absolute atomic E-state index is 0.0137. The van der Waals surface area contributed by atoms with Crippen molar-refractivity contribution in [1.29, 1.82) is 0 Å². The number of carbonyl (C=O) groups excluding carboxylic acids is 1. The number of amides is 1. The van der Waals surface area contributed by atoms with Crippen molar-refractivity contribution < 1.29 is 4.79 Å². The van der Waals surface area contributed by atoms with Crippen LogP contribution in [-0.4, -0.2) is 15.8 Å². The number of carbonyl (C=O) groups is 1. The Morgan fingerprint density at radius 3 is 2.62 bits per heavy atom. The summed E-state index contributed by atoms with van der Waals surface area (Å²) in [5.41, 5.74) is 5.99. The Morgan fingerprint density at radius 2 is 1.81 bits per heavy atom. The molecule has 1 amide bonds. The maximum Gasteiger partial charge on any atom is 0.258 e. The Kier molecular flexibility index (Phi) is 4.17. The molecule has 4 heteroatoms. The Morgan fingerprint density at radius 1 is 1.00 bits per heavy atom. The van der Waals surface area contributed by atoms with Gasteiger partial charge in [-0.25, -0.2) is 0 Å². The zero-order chi connectivity index (χ0) is 18.1. The van der Waals surface area contributed by atoms with Crippen molar-refractivity contribution in [3.63, 3.8) is 0 Å². The molecule has 0 spiro atoms. The number of aromatic nitrogens is 1. The zero-order valence-corrected chi connectivity index (χ0v) is 14.9. The summed E-state index contributed by atoms with van der Waals surface area (Å²) in [5.74, 6) is 0.0137. The number of aryl methyl sites for hydroxylation is 1. The molecule has 0 aliphatic carbocycles. The fourth-order valence-electron chi connectivity index (χ4n) is 3.38. The van der Waals surface area contributed by atoms with Crippen LogP contribution in [0.1, 0.15) is 38.9 Å². The minimum Gasteiger partial charge on any atom is -0.360 e. The molecule has 0 saturated heterocycles. The molecule has 1 aliphatic heterocycles. The highest BCUT2D eigenvalue weighted by Crippen LogP contribution is 2.35. The first-order valence-corrected chi connectivity index (χ1v) is 8.77. The van der Waals surface area contributed by atoms with Gasteiger partial charge in [-0.1, -0.05) is 42.5 Å². The van der Waals surface area contributed by atoms with E-state index in [1.165, 1.54) is 11.1 Å². The molecule has 1 N–H and O–H groups in total. The Hall–Kier alpha value is -3.14. The second kappa shape index (κ2) is 6.64. The highest BCUT2D eigenvalue weighted by Gasteiger charge is 2.38. The summed E-state index contributed by atoms with van der Waals surface area (Å²) < 4.78 is 0. The Balaban J connectivity index is 1.72. The van der Waals surface area contributed by atoms with Crippen LogP contribution in [0.2, 0.25) is 0 Å². The van der Waals surface area contributed by atoms with Crippen molar-refractivity contribution in [2.45, 2.75) is 26.6 Å². The second-order valence-corrected chi connectivity index (χ2v) is 6.65. The SMILES string of the molecule is Cc1cccc(N[C@H]2c3ncccc3C(=O)N2Cc2ccccc2)c1C. The Bertz CT molecular complexity index is 953. The average Bonchev–Trinajstić information content (AvgIpc) is 2.92. The molecule has 26 heavy (non-hydrogen) atoms. The van der Waals surface area contributed by atoms with E-state index in [9.17, 15) is 4.79 Å². The molecule has 3 aromatic rings. The van der Waals surface area contributed by atoms with Crippen molar-refractivity contribution in [1.82, 2.24) is 9.88 Å². The smallest absolute Gasteiger partial charge is 0.258 e. The van der Waals surface area contributed by atoms with E-state index in [2.05, 4.69) is 36.3 Å². The highest BCUT2D eigenvalue weighted by molar-refractivity contribution is 5.98. The number of benzene rings is 2. The van der Waals surface area contributed by atoms with Gasteiger partial charge in [0.15, 0.2) is 0 Å². The number of hydrogen-bond acceptors (Lipinski definition) is 3. The number of nitrogens with one attached hydrogen (secondary N) is 1. The standard InChI is InChI=1S/C22H21N3O/c1-15-8-6-12-19(16(15)2)24-21-20-18(11-7-13-23-20)22(26)25(21)14-17-9-4-3-5-10-17/h3-13,21,24H,14H2,1-2H3/t21-/m1/s1. The number of nitrogens with zero attached hydrogens (tertiary/aromatic N) is 2. The lowest BCUT2D eigenvalue weighted by molar-refractivity contribution is 0.0727. The van der Waals surface area contributed by atoms with Crippen LogP contribution in [0.15, 0.2) is 66.9 Å². The van der Waals surface area contributed by atoms with Crippen LogP contribution in [0.5, 0.6) is 0 Å². The monoisotopic (exact) mass is 343 g/mol. The van der Waals surface area contributed by atoms with E-state index in [-0.39, 0.29) is 12.1 Å². The molecule has 0 bridgehead atoms. The predicted octanol–water partition coefficient (Wildman–Crippen LogP) is 4.47. The first kappa shape index (κ1) is 16.3. The molecule has 130 valence electrons. The van der Waals surface area contributed by atoms with Gasteiger partial charge in [-0.05, 0) is 48.7 Å². The zero-order valence-electron chi connectivity index (χ0n) is 14.9. The molecule has 0 saturated carbocycles. The maximum absolute atomic E-state index is 13.0. The maximum atomic E-state index is 13.0. The van der Waals surface area contributed by atoms with Crippen LogP contribution >= 0.6 is 0 Å². The molecule has 1 aliphatic rings. The van der Waals surface area contributed by atoms with E-state index < -0.39 is 0 Å². The van der Waals surface area contributed by atoms with Crippen LogP contribution in [0.4, 0.5) is 5.69 Å². The molecule has 2 aromatic carbocycles. The number of rotatable bonds is 4. The summed E-state index contributed by atoms with van der Waals surface area (Å²) in [7, 11) is 0. The van der Waals surface area contributed by atoms with Crippen molar-refractivity contribution >= 4 is 11.6 Å². The number of hydrogen-bond donors (Lipinski definition) is 1. The van der Waals surface area contributed by atoms with Crippen LogP contribution in [0.3, 0.4) is 0 Å². The lowest BCUT2D eigenvalue weighted by atomic mass is 10.1. The topological polar surface area (TPSA) is 45.2 Å². The van der Waals surface area contributed by atoms with Gasteiger partial charge in [-0.2, -0.15) is 0 Å². The average molecular weight is 343 g/mol. The van der Waals surface area contributed by atoms with Gasteiger partial charge in [0.25, 0.3) is 5.91 Å². The summed E-state index contributed by atoms with van der Waals surface area (Å²) in [4.78, 5) is 19.4. The summed E-state index contributed by atoms with van der Waals surface area (Å²) in [6, 6.07) is 19.9. The van der Waals surface area contributed by atoms with Gasteiger partial charge in [0.1, 0.15) is 6.17 Å². The molecular weight excluding hydrogens is 322 g/mol. The van der Waals surface area contributed by atoms with Crippen LogP contribution in [0, 0.1) is 13.8 Å². The third-order valence-electron chi connectivity index (χ3n) is 4.99. The van der Waals surface area contributed by atoms with E-state index in [0.29, 0.717) is 12.1 Å². The fourth-order valence-corrected chi connectivity index (χ4v) is 3.38. The summed E-state index contributed by atoms with van der Waals surface area (Å²) in [6.45, 7) is 4.72. The molecule has 4 rings (SSSR count). The first-order chi connectivity index (χ1) is 12.6. The van der Waals surface area contributed by atoms with Gasteiger partial charge in [0, 0.05) is 18.4 Å². The fraction of sp³-hybridized carbons (Fsp3) is 0.182. The second-order valence-electron chi connectivity index (χ2n) is 6.65. The molecule has 0 unspecified atom stereocenters. The molecule has 0 radical (unpaired) electrons. The summed E-state index contributed by atoms with van der Waals surface area (Å²) >= 11 is 0. The third kappa shape index (κ3) is 2.84. The van der Waals surface area contributed by atoms with Crippen LogP contribution in [0.25, 0.3) is 0 Å². The van der Waals surface area contributed by atoms with Crippen LogP contribution < -0.4 is 5.32 Å². The summed E-state index contributed by atoms with van der Waals surface area (Å²) in [5, 5.41) is 3.55. The predicted molar refractivity (Wildman–Crippen MR) is 103 cm³/mol. The largest absolute Gasteiger partial charge is 0.360 e. The van der Waals surface area contributed by atoms with Crippen LogP contribution in [-0.2, 0) is 6.54 Å². The number of pyridine rings is 1. The van der Waals surface area contributed by atoms with Gasteiger partial charge in [-0.15, -0.1) is 0 Å². The van der Waals surface area contributed by atoms with Crippen molar-refractivity contribution in [3.05, 3.63) is 94.8 Å². The molecule has 1 aromatic heterocycles. The normalized spacial score (nSPS) is 15.8. The van der Waals surface area contributed by atoms with E-state index in [1.807, 2.05) is 53.4 Å². The van der Waals surface area contributed by atoms with Gasteiger partial charge in [-0.3, -0.25) is 9.78 Å². The molecule has 2 heterocycles. The molecule has 4 nitrogen and oxygen atoms in total. The van der Waals surface area contributed by atoms with E-state index >= 15 is 0 Å². The lowest BCUT2D eigenvalue weighted by Gasteiger charge is -2.27. The van der Waals surface area contributed by atoms with Gasteiger partial charge in [0.05, 0.1) is 11.3 Å². The van der Waals surface area contributed by atoms with Gasteiger partial charge < -0.3 is 10.2 Å². The van der Waals surface area contributed by atoms with Crippen molar-refractivity contribution in [2.24, 2.45) is 0 Å². The third-order valence-corrected chi connectivity index (χ3v) is 4.99. The number of fused-ring (bicyclic) bond motifs is 1. The lowest BCUT2D eigenvalue weighted by Crippen LogP contribution is -2.32. The van der Waals surface area contributed by atoms with Crippen molar-refractivity contribution in [2.75, 3.05) is 5.32 Å². The highest BCUT2D eigenvalue weighted by atomic mass is 16.2. The van der Waals surface area contributed by atoms with Gasteiger partial charge >= 0.3 is 0 Å². The number of anilines is 1. The molecule has 1 atom stereocenters. The minimum atomic E-state index is -0.278. The van der Waals surface area contributed by atoms with E-state index in [4.69, 9.17) is 0 Å². The van der Waals surface area contributed by atoms with Gasteiger partial charge in [0.2, 0.25) is 0 Å². The van der Waals surface area contributed by atoms with E-state index in [0.717, 1.165) is 16.9 Å². The van der Waals surface area contributed by atoms with E-state index in [1.54, 1.807) is 6.20 Å². The van der Waals surface area contributed by atoms with Crippen molar-refractivity contribution in [3.8, 4) is 0 Å². The molecular formula is C22H21N3O.